The van der Waals surface area contributed by atoms with Crippen LogP contribution < -0.4 is 4.31 Å². The van der Waals surface area contributed by atoms with Crippen molar-refractivity contribution >= 4 is 26.6 Å². The lowest BCUT2D eigenvalue weighted by molar-refractivity contribution is 0.598. The van der Waals surface area contributed by atoms with Gasteiger partial charge in [0.25, 0.3) is 0 Å². The topological polar surface area (TPSA) is 66.1 Å². The molecule has 1 heterocycles. The zero-order chi connectivity index (χ0) is 11.8. The van der Waals surface area contributed by atoms with Crippen LogP contribution in [0.4, 0.5) is 5.69 Å². The Morgan fingerprint density at radius 3 is 2.81 bits per heavy atom. The molecule has 0 radical (unpaired) electrons. The van der Waals surface area contributed by atoms with Crippen LogP contribution in [0.3, 0.4) is 0 Å². The van der Waals surface area contributed by atoms with Gasteiger partial charge in [-0.3, -0.25) is 9.40 Å². The van der Waals surface area contributed by atoms with Gasteiger partial charge in [0, 0.05) is 11.9 Å². The Morgan fingerprint density at radius 1 is 1.44 bits per heavy atom. The molecule has 5 nitrogen and oxygen atoms in total. The van der Waals surface area contributed by atoms with Crippen molar-refractivity contribution in [1.29, 1.82) is 0 Å². The fourth-order valence-corrected chi connectivity index (χ4v) is 2.65. The average molecular weight is 239 g/mol. The van der Waals surface area contributed by atoms with E-state index in [1.807, 2.05) is 6.07 Å². The molecular formula is C10H13N3O2S. The zero-order valence-electron chi connectivity index (χ0n) is 9.14. The Hall–Kier alpha value is -1.56. The summed E-state index contributed by atoms with van der Waals surface area (Å²) in [6, 6.07) is 5.41. The third kappa shape index (κ3) is 1.88. The summed E-state index contributed by atoms with van der Waals surface area (Å²) in [7, 11) is -3.22. The molecule has 0 saturated heterocycles. The maximum absolute atomic E-state index is 11.5. The predicted octanol–water partition coefficient (Wildman–Crippen LogP) is 1.35. The molecule has 0 amide bonds. The van der Waals surface area contributed by atoms with E-state index in [4.69, 9.17) is 0 Å². The van der Waals surface area contributed by atoms with Crippen molar-refractivity contribution in [2.24, 2.45) is 0 Å². The fraction of sp³-hybridized carbons (Fsp3) is 0.300. The van der Waals surface area contributed by atoms with E-state index in [2.05, 4.69) is 10.2 Å². The Bertz CT molecular complexity index is 603. The molecule has 2 rings (SSSR count). The average Bonchev–Trinajstić information content (AvgIpc) is 2.63. The second-order valence-electron chi connectivity index (χ2n) is 3.57. The molecule has 0 aliphatic carbocycles. The summed E-state index contributed by atoms with van der Waals surface area (Å²) in [6.07, 6.45) is 2.91. The van der Waals surface area contributed by atoms with Gasteiger partial charge in [-0.05, 0) is 25.1 Å². The minimum Gasteiger partial charge on any atom is -0.278 e. The lowest BCUT2D eigenvalue weighted by atomic mass is 10.2. The molecule has 0 unspecified atom stereocenters. The summed E-state index contributed by atoms with van der Waals surface area (Å²) >= 11 is 0. The number of hydrogen-bond acceptors (Lipinski definition) is 3. The van der Waals surface area contributed by atoms with E-state index in [1.54, 1.807) is 25.3 Å². The molecule has 0 spiro atoms. The van der Waals surface area contributed by atoms with Gasteiger partial charge >= 0.3 is 0 Å². The normalized spacial score (nSPS) is 11.9. The second kappa shape index (κ2) is 3.79. The number of rotatable bonds is 3. The highest BCUT2D eigenvalue weighted by atomic mass is 32.2. The summed E-state index contributed by atoms with van der Waals surface area (Å²) in [5, 5.41) is 7.68. The molecule has 16 heavy (non-hydrogen) atoms. The molecule has 0 fully saturated rings. The lowest BCUT2D eigenvalue weighted by Crippen LogP contribution is -2.29. The van der Waals surface area contributed by atoms with Crippen LogP contribution in [-0.2, 0) is 10.0 Å². The molecule has 0 atom stereocenters. The quantitative estimate of drug-likeness (QED) is 0.879. The molecule has 1 N–H and O–H groups in total. The van der Waals surface area contributed by atoms with Crippen LogP contribution in [0, 0.1) is 0 Å². The number of aromatic nitrogens is 2. The van der Waals surface area contributed by atoms with E-state index in [-0.39, 0.29) is 0 Å². The van der Waals surface area contributed by atoms with Gasteiger partial charge in [-0.25, -0.2) is 8.42 Å². The molecule has 0 aliphatic rings. The summed E-state index contributed by atoms with van der Waals surface area (Å²) in [5.74, 6) is 0. The largest absolute Gasteiger partial charge is 0.278 e. The maximum atomic E-state index is 11.5. The summed E-state index contributed by atoms with van der Waals surface area (Å²) in [5.41, 5.74) is 1.49. The number of benzene rings is 1. The molecule has 6 heteroatoms. The first-order valence-corrected chi connectivity index (χ1v) is 6.78. The van der Waals surface area contributed by atoms with E-state index in [9.17, 15) is 8.42 Å². The van der Waals surface area contributed by atoms with Gasteiger partial charge in [0.2, 0.25) is 10.0 Å². The molecule has 86 valence electrons. The minimum absolute atomic E-state index is 0.415. The van der Waals surface area contributed by atoms with Crippen molar-refractivity contribution in [3.63, 3.8) is 0 Å². The standard InChI is InChI=1S/C10H13N3O2S/c1-3-13(16(2,14)15)9-5-4-8-7-11-12-10(8)6-9/h4-7H,3H2,1-2H3,(H,11,12). The smallest absolute Gasteiger partial charge is 0.232 e. The first-order chi connectivity index (χ1) is 7.52. The maximum Gasteiger partial charge on any atom is 0.232 e. The fourth-order valence-electron chi connectivity index (χ4n) is 1.69. The highest BCUT2D eigenvalue weighted by molar-refractivity contribution is 7.92. The minimum atomic E-state index is -3.22. The SMILES string of the molecule is CCN(c1ccc2cn[nH]c2c1)S(C)(=O)=O. The van der Waals surface area contributed by atoms with Crippen molar-refractivity contribution in [3.8, 4) is 0 Å². The number of H-pyrrole nitrogens is 1. The van der Waals surface area contributed by atoms with Crippen molar-refractivity contribution < 1.29 is 8.42 Å². The summed E-state index contributed by atoms with van der Waals surface area (Å²) in [6.45, 7) is 2.22. The third-order valence-corrected chi connectivity index (χ3v) is 3.67. The summed E-state index contributed by atoms with van der Waals surface area (Å²) < 4.78 is 24.4. The van der Waals surface area contributed by atoms with Crippen LogP contribution in [0.5, 0.6) is 0 Å². The van der Waals surface area contributed by atoms with Crippen molar-refractivity contribution in [3.05, 3.63) is 24.4 Å². The van der Waals surface area contributed by atoms with Gasteiger partial charge in [-0.2, -0.15) is 5.10 Å². The van der Waals surface area contributed by atoms with Crippen molar-refractivity contribution in [2.45, 2.75) is 6.92 Å². The highest BCUT2D eigenvalue weighted by Crippen LogP contribution is 2.22. The van der Waals surface area contributed by atoms with Crippen LogP contribution in [0.15, 0.2) is 24.4 Å². The van der Waals surface area contributed by atoms with Crippen molar-refractivity contribution in [1.82, 2.24) is 10.2 Å². The number of fused-ring (bicyclic) bond motifs is 1. The van der Waals surface area contributed by atoms with Gasteiger partial charge in [-0.1, -0.05) is 0 Å². The number of nitrogens with one attached hydrogen (secondary N) is 1. The Balaban J connectivity index is 2.53. The molecule has 1 aromatic carbocycles. The summed E-state index contributed by atoms with van der Waals surface area (Å²) in [4.78, 5) is 0. The van der Waals surface area contributed by atoms with Crippen LogP contribution in [-0.4, -0.2) is 31.4 Å². The Morgan fingerprint density at radius 2 is 2.19 bits per heavy atom. The Kier molecular flexibility index (Phi) is 2.59. The molecular weight excluding hydrogens is 226 g/mol. The van der Waals surface area contributed by atoms with E-state index < -0.39 is 10.0 Å². The molecule has 0 aliphatic heterocycles. The van der Waals surface area contributed by atoms with E-state index in [0.717, 1.165) is 10.9 Å². The number of sulfonamides is 1. The highest BCUT2D eigenvalue weighted by Gasteiger charge is 2.15. The lowest BCUT2D eigenvalue weighted by Gasteiger charge is -2.20. The predicted molar refractivity (Wildman–Crippen MR) is 64.0 cm³/mol. The second-order valence-corrected chi connectivity index (χ2v) is 5.48. The van der Waals surface area contributed by atoms with Crippen LogP contribution in [0.2, 0.25) is 0 Å². The van der Waals surface area contributed by atoms with E-state index >= 15 is 0 Å². The van der Waals surface area contributed by atoms with Gasteiger partial charge < -0.3 is 0 Å². The number of nitrogens with zero attached hydrogens (tertiary/aromatic N) is 2. The number of aromatic amines is 1. The van der Waals surface area contributed by atoms with Gasteiger partial charge in [0.1, 0.15) is 0 Å². The van der Waals surface area contributed by atoms with Crippen molar-refractivity contribution in [2.75, 3.05) is 17.1 Å². The van der Waals surface area contributed by atoms with E-state index in [1.165, 1.54) is 10.6 Å². The monoisotopic (exact) mass is 239 g/mol. The third-order valence-electron chi connectivity index (χ3n) is 2.40. The Labute approximate surface area is 94.1 Å². The molecule has 1 aromatic heterocycles. The molecule has 0 saturated carbocycles. The molecule has 0 bridgehead atoms. The van der Waals surface area contributed by atoms with Gasteiger partial charge in [0.15, 0.2) is 0 Å². The molecule has 2 aromatic rings. The first-order valence-electron chi connectivity index (χ1n) is 4.93. The van der Waals surface area contributed by atoms with Gasteiger partial charge in [0.05, 0.1) is 23.7 Å². The first kappa shape index (κ1) is 10.9. The van der Waals surface area contributed by atoms with Crippen LogP contribution >= 0.6 is 0 Å². The van der Waals surface area contributed by atoms with Crippen LogP contribution in [0.1, 0.15) is 6.92 Å². The number of hydrogen-bond donors (Lipinski definition) is 1. The zero-order valence-corrected chi connectivity index (χ0v) is 9.95. The van der Waals surface area contributed by atoms with Gasteiger partial charge in [-0.15, -0.1) is 0 Å². The van der Waals surface area contributed by atoms with E-state index in [0.29, 0.717) is 12.2 Å². The number of anilines is 1. The van der Waals surface area contributed by atoms with Crippen LogP contribution in [0.25, 0.3) is 10.9 Å².